The second-order valence-corrected chi connectivity index (χ2v) is 5.49. The molecule has 2 heterocycles. The number of nitrogens with one attached hydrogen (secondary N) is 1. The number of nitrogens with zero attached hydrogens (tertiary/aromatic N) is 2. The average Bonchev–Trinajstić information content (AvgIpc) is 2.69. The molecule has 1 aromatic rings. The van der Waals surface area contributed by atoms with Crippen molar-refractivity contribution in [3.05, 3.63) is 16.6 Å². The molecule has 1 unspecified atom stereocenters. The second kappa shape index (κ2) is 4.20. The first-order chi connectivity index (χ1) is 7.11. The van der Waals surface area contributed by atoms with E-state index in [1.807, 2.05) is 5.51 Å². The van der Waals surface area contributed by atoms with Gasteiger partial charge in [-0.1, -0.05) is 0 Å². The van der Waals surface area contributed by atoms with E-state index in [0.717, 1.165) is 19.6 Å². The standard InChI is InChI=1S/C11H19N3S/c1-9(10-6-15-8-13-10)14-5-4-12-7-11(14,2)3/h6,8-9,12H,4-5,7H2,1-3H3. The van der Waals surface area contributed by atoms with E-state index < -0.39 is 0 Å². The largest absolute Gasteiger partial charge is 0.314 e. The fourth-order valence-electron chi connectivity index (χ4n) is 2.30. The number of hydrogen-bond donors (Lipinski definition) is 1. The topological polar surface area (TPSA) is 28.2 Å². The van der Waals surface area contributed by atoms with Crippen LogP contribution >= 0.6 is 11.3 Å². The number of hydrogen-bond acceptors (Lipinski definition) is 4. The Bertz CT molecular complexity index is 308. The fraction of sp³-hybridized carbons (Fsp3) is 0.727. The normalized spacial score (nSPS) is 23.9. The van der Waals surface area contributed by atoms with E-state index in [4.69, 9.17) is 0 Å². The van der Waals surface area contributed by atoms with Gasteiger partial charge in [-0.3, -0.25) is 4.90 Å². The van der Waals surface area contributed by atoms with Gasteiger partial charge in [0.25, 0.3) is 0 Å². The first-order valence-electron chi connectivity index (χ1n) is 5.47. The third-order valence-corrected chi connectivity index (χ3v) is 3.82. The molecule has 1 atom stereocenters. The molecule has 3 nitrogen and oxygen atoms in total. The summed E-state index contributed by atoms with van der Waals surface area (Å²) in [5, 5.41) is 5.60. The summed E-state index contributed by atoms with van der Waals surface area (Å²) in [4.78, 5) is 6.95. The van der Waals surface area contributed by atoms with Gasteiger partial charge in [-0.05, 0) is 20.8 Å². The molecule has 0 radical (unpaired) electrons. The molecular weight excluding hydrogens is 206 g/mol. The molecule has 1 saturated heterocycles. The molecule has 0 aliphatic carbocycles. The molecule has 1 fully saturated rings. The van der Waals surface area contributed by atoms with E-state index in [1.165, 1.54) is 5.69 Å². The van der Waals surface area contributed by atoms with Crippen LogP contribution in [-0.2, 0) is 0 Å². The highest BCUT2D eigenvalue weighted by molar-refractivity contribution is 7.07. The lowest BCUT2D eigenvalue weighted by atomic mass is 9.97. The van der Waals surface area contributed by atoms with Crippen molar-refractivity contribution in [3.8, 4) is 0 Å². The highest BCUT2D eigenvalue weighted by Gasteiger charge is 2.33. The summed E-state index contributed by atoms with van der Waals surface area (Å²) in [7, 11) is 0. The average molecular weight is 225 g/mol. The zero-order valence-electron chi connectivity index (χ0n) is 9.66. The van der Waals surface area contributed by atoms with Crippen molar-refractivity contribution in [3.63, 3.8) is 0 Å². The molecule has 0 saturated carbocycles. The Morgan fingerprint density at radius 2 is 2.40 bits per heavy atom. The summed E-state index contributed by atoms with van der Waals surface area (Å²) >= 11 is 1.68. The molecule has 15 heavy (non-hydrogen) atoms. The molecule has 1 N–H and O–H groups in total. The lowest BCUT2D eigenvalue weighted by Gasteiger charge is -2.45. The van der Waals surface area contributed by atoms with Crippen LogP contribution in [0, 0.1) is 0 Å². The maximum atomic E-state index is 4.41. The van der Waals surface area contributed by atoms with E-state index in [2.05, 4.69) is 41.4 Å². The van der Waals surface area contributed by atoms with Gasteiger partial charge in [-0.25, -0.2) is 4.98 Å². The van der Waals surface area contributed by atoms with Gasteiger partial charge >= 0.3 is 0 Å². The number of rotatable bonds is 2. The van der Waals surface area contributed by atoms with Crippen molar-refractivity contribution in [2.75, 3.05) is 19.6 Å². The lowest BCUT2D eigenvalue weighted by molar-refractivity contribution is 0.0502. The maximum Gasteiger partial charge on any atom is 0.0795 e. The van der Waals surface area contributed by atoms with Gasteiger partial charge in [0, 0.05) is 30.6 Å². The van der Waals surface area contributed by atoms with Crippen molar-refractivity contribution >= 4 is 11.3 Å². The molecular formula is C11H19N3S. The van der Waals surface area contributed by atoms with E-state index >= 15 is 0 Å². The van der Waals surface area contributed by atoms with E-state index in [-0.39, 0.29) is 5.54 Å². The number of thiazole rings is 1. The molecule has 1 aromatic heterocycles. The van der Waals surface area contributed by atoms with Crippen molar-refractivity contribution in [2.45, 2.75) is 32.4 Å². The summed E-state index contributed by atoms with van der Waals surface area (Å²) in [6.07, 6.45) is 0. The Kier molecular flexibility index (Phi) is 3.09. The highest BCUT2D eigenvalue weighted by atomic mass is 32.1. The smallest absolute Gasteiger partial charge is 0.0795 e. The maximum absolute atomic E-state index is 4.41. The van der Waals surface area contributed by atoms with Gasteiger partial charge < -0.3 is 5.32 Å². The predicted molar refractivity (Wildman–Crippen MR) is 64.2 cm³/mol. The van der Waals surface area contributed by atoms with Crippen molar-refractivity contribution < 1.29 is 0 Å². The minimum Gasteiger partial charge on any atom is -0.314 e. The predicted octanol–water partition coefficient (Wildman–Crippen LogP) is 1.89. The first-order valence-corrected chi connectivity index (χ1v) is 6.41. The summed E-state index contributed by atoms with van der Waals surface area (Å²) in [5.41, 5.74) is 3.34. The molecule has 1 aliphatic rings. The summed E-state index contributed by atoms with van der Waals surface area (Å²) in [6.45, 7) is 10.1. The lowest BCUT2D eigenvalue weighted by Crippen LogP contribution is -2.58. The number of aromatic nitrogens is 1. The molecule has 4 heteroatoms. The van der Waals surface area contributed by atoms with Gasteiger partial charge in [-0.2, -0.15) is 0 Å². The van der Waals surface area contributed by atoms with Crippen LogP contribution in [0.15, 0.2) is 10.9 Å². The van der Waals surface area contributed by atoms with E-state index in [0.29, 0.717) is 6.04 Å². The highest BCUT2D eigenvalue weighted by Crippen LogP contribution is 2.28. The van der Waals surface area contributed by atoms with Crippen LogP contribution in [0.25, 0.3) is 0 Å². The Morgan fingerprint density at radius 3 is 3.00 bits per heavy atom. The van der Waals surface area contributed by atoms with Crippen LogP contribution in [0.3, 0.4) is 0 Å². The van der Waals surface area contributed by atoms with E-state index in [1.54, 1.807) is 11.3 Å². The Labute approximate surface area is 95.5 Å². The second-order valence-electron chi connectivity index (χ2n) is 4.77. The van der Waals surface area contributed by atoms with Crippen molar-refractivity contribution in [1.29, 1.82) is 0 Å². The van der Waals surface area contributed by atoms with Crippen LogP contribution in [0.2, 0.25) is 0 Å². The Hall–Kier alpha value is -0.450. The minimum atomic E-state index is 0.223. The SMILES string of the molecule is CC(c1cscn1)N1CCNCC1(C)C. The quantitative estimate of drug-likeness (QED) is 0.833. The fourth-order valence-corrected chi connectivity index (χ4v) is 2.94. The summed E-state index contributed by atoms with van der Waals surface area (Å²) in [5.74, 6) is 0. The van der Waals surface area contributed by atoms with Gasteiger partial charge in [0.15, 0.2) is 0 Å². The van der Waals surface area contributed by atoms with Gasteiger partial charge in [0.05, 0.1) is 17.2 Å². The monoisotopic (exact) mass is 225 g/mol. The molecule has 2 rings (SSSR count). The van der Waals surface area contributed by atoms with Crippen molar-refractivity contribution in [2.24, 2.45) is 0 Å². The molecule has 0 spiro atoms. The molecule has 1 aliphatic heterocycles. The third-order valence-electron chi connectivity index (χ3n) is 3.21. The zero-order chi connectivity index (χ0) is 10.9. The van der Waals surface area contributed by atoms with Gasteiger partial charge in [0.1, 0.15) is 0 Å². The third kappa shape index (κ3) is 2.22. The summed E-state index contributed by atoms with van der Waals surface area (Å²) < 4.78 is 0. The zero-order valence-corrected chi connectivity index (χ0v) is 10.5. The summed E-state index contributed by atoms with van der Waals surface area (Å²) in [6, 6.07) is 0.424. The van der Waals surface area contributed by atoms with Gasteiger partial charge in [-0.15, -0.1) is 11.3 Å². The molecule has 0 aromatic carbocycles. The Balaban J connectivity index is 2.15. The van der Waals surface area contributed by atoms with Crippen LogP contribution in [0.4, 0.5) is 0 Å². The van der Waals surface area contributed by atoms with Crippen LogP contribution in [-0.4, -0.2) is 35.1 Å². The minimum absolute atomic E-state index is 0.223. The first kappa shape index (κ1) is 11.0. The van der Waals surface area contributed by atoms with Crippen LogP contribution in [0.5, 0.6) is 0 Å². The Morgan fingerprint density at radius 1 is 1.60 bits per heavy atom. The molecule has 0 bridgehead atoms. The van der Waals surface area contributed by atoms with Gasteiger partial charge in [0.2, 0.25) is 0 Å². The van der Waals surface area contributed by atoms with Crippen LogP contribution < -0.4 is 5.32 Å². The number of piperazine rings is 1. The molecule has 0 amide bonds. The van der Waals surface area contributed by atoms with Crippen LogP contribution in [0.1, 0.15) is 32.5 Å². The molecule has 84 valence electrons. The van der Waals surface area contributed by atoms with E-state index in [9.17, 15) is 0 Å². The van der Waals surface area contributed by atoms with Crippen molar-refractivity contribution in [1.82, 2.24) is 15.2 Å².